The molecule has 1 saturated carbocycles. The molecular formula is C14H18F3N. The van der Waals surface area contributed by atoms with Crippen LogP contribution in [0.2, 0.25) is 0 Å². The summed E-state index contributed by atoms with van der Waals surface area (Å²) in [6, 6.07) is 1.39. The molecule has 100 valence electrons. The van der Waals surface area contributed by atoms with E-state index in [1.54, 1.807) is 0 Å². The van der Waals surface area contributed by atoms with Crippen LogP contribution < -0.4 is 5.32 Å². The van der Waals surface area contributed by atoms with Gasteiger partial charge >= 0.3 is 0 Å². The monoisotopic (exact) mass is 257 g/mol. The summed E-state index contributed by atoms with van der Waals surface area (Å²) in [6.07, 6.45) is 4.29. The van der Waals surface area contributed by atoms with Crippen LogP contribution in [0.1, 0.15) is 44.2 Å². The van der Waals surface area contributed by atoms with Gasteiger partial charge in [0.05, 0.1) is 0 Å². The van der Waals surface area contributed by atoms with Gasteiger partial charge in [-0.05, 0) is 24.9 Å². The fourth-order valence-corrected chi connectivity index (χ4v) is 2.43. The Morgan fingerprint density at radius 3 is 2.39 bits per heavy atom. The second-order valence-corrected chi connectivity index (χ2v) is 4.93. The number of hydrogen-bond donors (Lipinski definition) is 1. The van der Waals surface area contributed by atoms with Crippen LogP contribution >= 0.6 is 0 Å². The van der Waals surface area contributed by atoms with Crippen molar-refractivity contribution in [2.75, 3.05) is 6.54 Å². The van der Waals surface area contributed by atoms with Crippen molar-refractivity contribution in [3.8, 4) is 0 Å². The van der Waals surface area contributed by atoms with Crippen molar-refractivity contribution in [2.24, 2.45) is 5.92 Å². The molecule has 1 aromatic rings. The molecule has 0 bridgehead atoms. The van der Waals surface area contributed by atoms with Crippen LogP contribution in [-0.4, -0.2) is 6.54 Å². The SMILES string of the molecule is CCNC(CC1CCC1)c1cc(F)c(F)cc1F. The van der Waals surface area contributed by atoms with E-state index >= 15 is 0 Å². The Balaban J connectivity index is 2.20. The van der Waals surface area contributed by atoms with Gasteiger partial charge in [-0.2, -0.15) is 0 Å². The van der Waals surface area contributed by atoms with E-state index in [4.69, 9.17) is 0 Å². The molecule has 1 N–H and O–H groups in total. The van der Waals surface area contributed by atoms with Crippen molar-refractivity contribution in [1.29, 1.82) is 0 Å². The molecule has 1 aliphatic rings. The molecule has 0 radical (unpaired) electrons. The van der Waals surface area contributed by atoms with E-state index < -0.39 is 17.5 Å². The zero-order chi connectivity index (χ0) is 13.1. The number of hydrogen-bond acceptors (Lipinski definition) is 1. The van der Waals surface area contributed by atoms with Gasteiger partial charge in [-0.25, -0.2) is 13.2 Å². The van der Waals surface area contributed by atoms with Crippen LogP contribution in [0.5, 0.6) is 0 Å². The summed E-state index contributed by atoms with van der Waals surface area (Å²) in [4.78, 5) is 0. The van der Waals surface area contributed by atoms with Crippen molar-refractivity contribution in [3.63, 3.8) is 0 Å². The lowest BCUT2D eigenvalue weighted by Crippen LogP contribution is -2.26. The van der Waals surface area contributed by atoms with Crippen LogP contribution in [0.4, 0.5) is 13.2 Å². The predicted molar refractivity (Wildman–Crippen MR) is 64.7 cm³/mol. The summed E-state index contributed by atoms with van der Waals surface area (Å²) in [5.41, 5.74) is 0.239. The van der Waals surface area contributed by atoms with Gasteiger partial charge in [0.2, 0.25) is 0 Å². The highest BCUT2D eigenvalue weighted by atomic mass is 19.2. The Labute approximate surface area is 105 Å². The van der Waals surface area contributed by atoms with Gasteiger partial charge in [0.25, 0.3) is 0 Å². The summed E-state index contributed by atoms with van der Waals surface area (Å²) in [5.74, 6) is -2.21. The van der Waals surface area contributed by atoms with Crippen LogP contribution in [-0.2, 0) is 0 Å². The van der Waals surface area contributed by atoms with Crippen molar-refractivity contribution < 1.29 is 13.2 Å². The normalized spacial score (nSPS) is 17.6. The highest BCUT2D eigenvalue weighted by Crippen LogP contribution is 2.35. The molecule has 0 heterocycles. The maximum Gasteiger partial charge on any atom is 0.161 e. The molecule has 0 spiro atoms. The first-order chi connectivity index (χ1) is 8.61. The molecule has 18 heavy (non-hydrogen) atoms. The maximum absolute atomic E-state index is 13.7. The van der Waals surface area contributed by atoms with E-state index in [9.17, 15) is 13.2 Å². The molecule has 1 aromatic carbocycles. The van der Waals surface area contributed by atoms with Crippen LogP contribution in [0.15, 0.2) is 12.1 Å². The van der Waals surface area contributed by atoms with Crippen LogP contribution in [0.3, 0.4) is 0 Å². The maximum atomic E-state index is 13.7. The number of benzene rings is 1. The minimum absolute atomic E-state index is 0.226. The standard InChI is InChI=1S/C14H18F3N/c1-2-18-14(6-9-4-3-5-9)10-7-12(16)13(17)8-11(10)15/h7-9,14,18H,2-6H2,1H3. The summed E-state index contributed by atoms with van der Waals surface area (Å²) >= 11 is 0. The molecule has 4 heteroatoms. The molecule has 0 aliphatic heterocycles. The van der Waals surface area contributed by atoms with E-state index in [1.807, 2.05) is 6.92 Å². The first kappa shape index (κ1) is 13.4. The summed E-state index contributed by atoms with van der Waals surface area (Å²) in [6.45, 7) is 2.60. The molecule has 1 atom stereocenters. The number of nitrogens with one attached hydrogen (secondary N) is 1. The lowest BCUT2D eigenvalue weighted by atomic mass is 9.79. The topological polar surface area (TPSA) is 12.0 Å². The van der Waals surface area contributed by atoms with E-state index in [2.05, 4.69) is 5.32 Å². The second-order valence-electron chi connectivity index (χ2n) is 4.93. The third-order valence-corrected chi connectivity index (χ3v) is 3.66. The first-order valence-electron chi connectivity index (χ1n) is 6.49. The van der Waals surface area contributed by atoms with Gasteiger partial charge in [0.15, 0.2) is 11.6 Å². The quantitative estimate of drug-likeness (QED) is 0.788. The lowest BCUT2D eigenvalue weighted by molar-refractivity contribution is 0.259. The molecule has 1 unspecified atom stereocenters. The Morgan fingerprint density at radius 2 is 1.83 bits per heavy atom. The van der Waals surface area contributed by atoms with Gasteiger partial charge < -0.3 is 5.32 Å². The van der Waals surface area contributed by atoms with Gasteiger partial charge in [-0.1, -0.05) is 26.2 Å². The largest absolute Gasteiger partial charge is 0.310 e. The predicted octanol–water partition coefficient (Wildman–Crippen LogP) is 3.94. The Bertz CT molecular complexity index is 416. The van der Waals surface area contributed by atoms with Gasteiger partial charge in [0, 0.05) is 17.7 Å². The summed E-state index contributed by atoms with van der Waals surface area (Å²) < 4.78 is 39.9. The van der Waals surface area contributed by atoms with E-state index in [1.165, 1.54) is 6.42 Å². The molecule has 0 amide bonds. The summed E-state index contributed by atoms with van der Waals surface area (Å²) in [7, 11) is 0. The zero-order valence-corrected chi connectivity index (χ0v) is 10.5. The highest BCUT2D eigenvalue weighted by molar-refractivity contribution is 5.23. The van der Waals surface area contributed by atoms with Crippen molar-refractivity contribution in [3.05, 3.63) is 35.1 Å². The van der Waals surface area contributed by atoms with Crippen molar-refractivity contribution in [1.82, 2.24) is 5.32 Å². The fraction of sp³-hybridized carbons (Fsp3) is 0.571. The Hall–Kier alpha value is -1.03. The van der Waals surface area contributed by atoms with Crippen LogP contribution in [0.25, 0.3) is 0 Å². The Kier molecular flexibility index (Phi) is 4.27. The first-order valence-corrected chi connectivity index (χ1v) is 6.49. The van der Waals surface area contributed by atoms with E-state index in [-0.39, 0.29) is 11.6 Å². The third-order valence-electron chi connectivity index (χ3n) is 3.66. The molecule has 2 rings (SSSR count). The zero-order valence-electron chi connectivity index (χ0n) is 10.5. The van der Waals surface area contributed by atoms with Crippen LogP contribution in [0, 0.1) is 23.4 Å². The molecule has 1 aliphatic carbocycles. The average Bonchev–Trinajstić information content (AvgIpc) is 2.27. The average molecular weight is 257 g/mol. The van der Waals surface area contributed by atoms with Gasteiger partial charge in [-0.15, -0.1) is 0 Å². The Morgan fingerprint density at radius 1 is 1.17 bits per heavy atom. The minimum atomic E-state index is -1.13. The van der Waals surface area contributed by atoms with Gasteiger partial charge in [0.1, 0.15) is 5.82 Å². The number of halogens is 3. The van der Waals surface area contributed by atoms with E-state index in [0.29, 0.717) is 18.5 Å². The molecule has 0 saturated heterocycles. The van der Waals surface area contributed by atoms with Crippen molar-refractivity contribution in [2.45, 2.75) is 38.6 Å². The smallest absolute Gasteiger partial charge is 0.161 e. The third kappa shape index (κ3) is 2.86. The molecule has 1 fully saturated rings. The lowest BCUT2D eigenvalue weighted by Gasteiger charge is -2.30. The summed E-state index contributed by atoms with van der Waals surface area (Å²) in [5, 5.41) is 3.16. The minimum Gasteiger partial charge on any atom is -0.310 e. The second kappa shape index (κ2) is 5.74. The van der Waals surface area contributed by atoms with Crippen molar-refractivity contribution >= 4 is 0 Å². The van der Waals surface area contributed by atoms with E-state index in [0.717, 1.165) is 25.3 Å². The molecular weight excluding hydrogens is 239 g/mol. The molecule has 1 nitrogen and oxygen atoms in total. The fourth-order valence-electron chi connectivity index (χ4n) is 2.43. The molecule has 0 aromatic heterocycles. The highest BCUT2D eigenvalue weighted by Gasteiger charge is 2.25. The van der Waals surface area contributed by atoms with Gasteiger partial charge in [-0.3, -0.25) is 0 Å². The number of rotatable bonds is 5.